The van der Waals surface area contributed by atoms with E-state index in [0.29, 0.717) is 11.5 Å². The molecule has 1 unspecified atom stereocenters. The van der Waals surface area contributed by atoms with Crippen LogP contribution in [0.5, 0.6) is 0 Å². The summed E-state index contributed by atoms with van der Waals surface area (Å²) in [7, 11) is 0. The van der Waals surface area contributed by atoms with Crippen LogP contribution in [0.3, 0.4) is 0 Å². The maximum absolute atomic E-state index is 14.2. The highest BCUT2D eigenvalue weighted by atomic mass is 19.1. The lowest BCUT2D eigenvalue weighted by atomic mass is 9.82. The molecule has 2 N–H and O–H groups in total. The first kappa shape index (κ1) is 15.5. The number of likely N-dealkylation sites (tertiary alicyclic amines) is 1. The van der Waals surface area contributed by atoms with E-state index >= 15 is 0 Å². The first-order chi connectivity index (χ1) is 9.51. The number of hydrogen-bond donors (Lipinski definition) is 1. The molecule has 1 aliphatic heterocycles. The largest absolute Gasteiger partial charge is 0.320 e. The Morgan fingerprint density at radius 1 is 1.20 bits per heavy atom. The van der Waals surface area contributed by atoms with Crippen LogP contribution in [-0.2, 0) is 5.54 Å². The van der Waals surface area contributed by atoms with Gasteiger partial charge in [-0.3, -0.25) is 0 Å². The second kappa shape index (κ2) is 6.68. The van der Waals surface area contributed by atoms with Gasteiger partial charge in [0.15, 0.2) is 0 Å². The van der Waals surface area contributed by atoms with Crippen molar-refractivity contribution in [1.82, 2.24) is 4.90 Å². The van der Waals surface area contributed by atoms with Gasteiger partial charge in [-0.2, -0.15) is 0 Å². The summed E-state index contributed by atoms with van der Waals surface area (Å²) in [6.45, 7) is 7.24. The summed E-state index contributed by atoms with van der Waals surface area (Å²) in [5.41, 5.74) is 6.75. The van der Waals surface area contributed by atoms with E-state index in [0.717, 1.165) is 26.1 Å². The number of nitrogens with two attached hydrogens (primary N) is 1. The van der Waals surface area contributed by atoms with E-state index < -0.39 is 5.54 Å². The minimum absolute atomic E-state index is 0.173. The zero-order valence-corrected chi connectivity index (χ0v) is 12.7. The molecule has 20 heavy (non-hydrogen) atoms. The van der Waals surface area contributed by atoms with Gasteiger partial charge in [0.25, 0.3) is 0 Å². The number of rotatable bonds is 5. The molecule has 1 saturated heterocycles. The van der Waals surface area contributed by atoms with Crippen molar-refractivity contribution in [3.05, 3.63) is 35.6 Å². The van der Waals surface area contributed by atoms with Crippen molar-refractivity contribution < 1.29 is 4.39 Å². The molecule has 0 amide bonds. The van der Waals surface area contributed by atoms with E-state index in [4.69, 9.17) is 5.73 Å². The van der Waals surface area contributed by atoms with Crippen molar-refractivity contribution in [3.63, 3.8) is 0 Å². The van der Waals surface area contributed by atoms with Crippen LogP contribution in [0.15, 0.2) is 24.3 Å². The van der Waals surface area contributed by atoms with Crippen molar-refractivity contribution in [2.45, 2.75) is 45.1 Å². The third-order valence-corrected chi connectivity index (χ3v) is 4.14. The van der Waals surface area contributed by atoms with Gasteiger partial charge >= 0.3 is 0 Å². The molecule has 0 saturated carbocycles. The van der Waals surface area contributed by atoms with Gasteiger partial charge < -0.3 is 10.6 Å². The van der Waals surface area contributed by atoms with Crippen LogP contribution in [0.2, 0.25) is 0 Å². The third-order valence-electron chi connectivity index (χ3n) is 4.14. The van der Waals surface area contributed by atoms with Gasteiger partial charge in [0.1, 0.15) is 5.82 Å². The van der Waals surface area contributed by atoms with Crippen LogP contribution < -0.4 is 5.73 Å². The quantitative estimate of drug-likeness (QED) is 0.893. The lowest BCUT2D eigenvalue weighted by Crippen LogP contribution is -2.50. The van der Waals surface area contributed by atoms with Crippen molar-refractivity contribution in [2.24, 2.45) is 11.7 Å². The van der Waals surface area contributed by atoms with Gasteiger partial charge in [-0.1, -0.05) is 38.5 Å². The smallest absolute Gasteiger partial charge is 0.128 e. The molecule has 0 bridgehead atoms. The summed E-state index contributed by atoms with van der Waals surface area (Å²) in [5, 5.41) is 0. The Balaban J connectivity index is 2.22. The van der Waals surface area contributed by atoms with Gasteiger partial charge in [-0.25, -0.2) is 4.39 Å². The fourth-order valence-corrected chi connectivity index (χ4v) is 3.37. The van der Waals surface area contributed by atoms with Crippen LogP contribution >= 0.6 is 0 Å². The second-order valence-electron chi connectivity index (χ2n) is 6.57. The molecule has 2 rings (SSSR count). The minimum Gasteiger partial charge on any atom is -0.320 e. The van der Waals surface area contributed by atoms with Crippen LogP contribution in [-0.4, -0.2) is 24.5 Å². The number of benzene rings is 1. The maximum Gasteiger partial charge on any atom is 0.128 e. The Kier molecular flexibility index (Phi) is 5.17. The average Bonchev–Trinajstić information content (AvgIpc) is 2.39. The molecule has 2 nitrogen and oxygen atoms in total. The predicted octanol–water partition coefficient (Wildman–Crippen LogP) is 3.51. The molecule has 112 valence electrons. The summed E-state index contributed by atoms with van der Waals surface area (Å²) in [5.74, 6) is 0.275. The molecule has 0 aliphatic carbocycles. The lowest BCUT2D eigenvalue weighted by Gasteiger charge is -2.38. The summed E-state index contributed by atoms with van der Waals surface area (Å²) in [6.07, 6.45) is 4.58. The van der Waals surface area contributed by atoms with Crippen molar-refractivity contribution >= 4 is 0 Å². The monoisotopic (exact) mass is 278 g/mol. The molecule has 1 aromatic rings. The number of halogens is 1. The molecule has 3 heteroatoms. The van der Waals surface area contributed by atoms with Gasteiger partial charge in [-0.05, 0) is 44.3 Å². The Labute approximate surface area is 122 Å². The van der Waals surface area contributed by atoms with Crippen LogP contribution in [0.1, 0.15) is 45.1 Å². The summed E-state index contributed by atoms with van der Waals surface area (Å²) in [4.78, 5) is 2.40. The number of hydrogen-bond acceptors (Lipinski definition) is 2. The summed E-state index contributed by atoms with van der Waals surface area (Å²) < 4.78 is 14.2. The van der Waals surface area contributed by atoms with E-state index in [2.05, 4.69) is 18.7 Å². The highest BCUT2D eigenvalue weighted by molar-refractivity contribution is 5.26. The molecular weight excluding hydrogens is 251 g/mol. The van der Waals surface area contributed by atoms with Gasteiger partial charge in [0.2, 0.25) is 0 Å². The SMILES string of the molecule is CC(C)CC(N)(CN1CCCCC1)c1ccccc1F. The van der Waals surface area contributed by atoms with Crippen LogP contribution in [0, 0.1) is 11.7 Å². The molecule has 1 heterocycles. The van der Waals surface area contributed by atoms with Crippen LogP contribution in [0.25, 0.3) is 0 Å². The van der Waals surface area contributed by atoms with Gasteiger partial charge in [0, 0.05) is 12.1 Å². The third kappa shape index (κ3) is 3.80. The zero-order valence-electron chi connectivity index (χ0n) is 12.7. The minimum atomic E-state index is -0.586. The highest BCUT2D eigenvalue weighted by Crippen LogP contribution is 2.30. The fraction of sp³-hybridized carbons (Fsp3) is 0.647. The lowest BCUT2D eigenvalue weighted by molar-refractivity contribution is 0.160. The molecule has 1 aliphatic rings. The molecule has 0 spiro atoms. The Morgan fingerprint density at radius 2 is 1.85 bits per heavy atom. The Hall–Kier alpha value is -0.930. The van der Waals surface area contributed by atoms with Crippen molar-refractivity contribution in [1.29, 1.82) is 0 Å². The van der Waals surface area contributed by atoms with E-state index in [-0.39, 0.29) is 5.82 Å². The zero-order chi connectivity index (χ0) is 14.6. The molecule has 1 atom stereocenters. The van der Waals surface area contributed by atoms with E-state index in [1.165, 1.54) is 25.3 Å². The molecule has 1 fully saturated rings. The number of piperidine rings is 1. The highest BCUT2D eigenvalue weighted by Gasteiger charge is 2.33. The maximum atomic E-state index is 14.2. The fourth-order valence-electron chi connectivity index (χ4n) is 3.37. The second-order valence-corrected chi connectivity index (χ2v) is 6.57. The summed E-state index contributed by atoms with van der Waals surface area (Å²) in [6, 6.07) is 6.99. The molecule has 1 aromatic carbocycles. The molecular formula is C17H27FN2. The topological polar surface area (TPSA) is 29.3 Å². The van der Waals surface area contributed by atoms with Crippen LogP contribution in [0.4, 0.5) is 4.39 Å². The molecule has 0 radical (unpaired) electrons. The first-order valence-electron chi connectivity index (χ1n) is 7.77. The van der Waals surface area contributed by atoms with Crippen molar-refractivity contribution in [3.8, 4) is 0 Å². The standard InChI is InChI=1S/C17H27FN2/c1-14(2)12-17(19,13-20-10-6-3-7-11-20)15-8-4-5-9-16(15)18/h4-5,8-9,14H,3,6-7,10-13,19H2,1-2H3. The van der Waals surface area contributed by atoms with E-state index in [1.54, 1.807) is 6.07 Å². The van der Waals surface area contributed by atoms with E-state index in [9.17, 15) is 4.39 Å². The first-order valence-corrected chi connectivity index (χ1v) is 7.77. The van der Waals surface area contributed by atoms with E-state index in [1.807, 2.05) is 12.1 Å². The summed E-state index contributed by atoms with van der Waals surface area (Å²) >= 11 is 0. The van der Waals surface area contributed by atoms with Gasteiger partial charge in [0.05, 0.1) is 5.54 Å². The number of nitrogens with zero attached hydrogens (tertiary/aromatic N) is 1. The predicted molar refractivity (Wildman–Crippen MR) is 82.0 cm³/mol. The normalized spacial score (nSPS) is 20.1. The average molecular weight is 278 g/mol. The Bertz CT molecular complexity index is 427. The molecule has 0 aromatic heterocycles. The van der Waals surface area contributed by atoms with Gasteiger partial charge in [-0.15, -0.1) is 0 Å². The van der Waals surface area contributed by atoms with Crippen molar-refractivity contribution in [2.75, 3.05) is 19.6 Å². The Morgan fingerprint density at radius 3 is 2.45 bits per heavy atom.